The zero-order chi connectivity index (χ0) is 27.5. The van der Waals surface area contributed by atoms with Crippen molar-refractivity contribution in [1.82, 2.24) is 15.6 Å². The van der Waals surface area contributed by atoms with Crippen molar-refractivity contribution in [2.75, 3.05) is 26.7 Å². The number of nitrogens with one attached hydrogen (secondary N) is 3. The molecule has 0 amide bonds. The minimum atomic E-state index is -0.364. The summed E-state index contributed by atoms with van der Waals surface area (Å²) < 4.78 is 12.1. The molecule has 3 atom stereocenters. The molecule has 0 saturated heterocycles. The topological polar surface area (TPSA) is 123 Å². The molecule has 0 bridgehead atoms. The number of aliphatic hydroxyl groups is 2. The lowest BCUT2D eigenvalue weighted by Crippen LogP contribution is -2.27. The maximum absolute atomic E-state index is 10.4. The highest BCUT2D eigenvalue weighted by molar-refractivity contribution is 5.42. The van der Waals surface area contributed by atoms with Crippen molar-refractivity contribution in [3.05, 3.63) is 70.4 Å². The third-order valence-electron chi connectivity index (χ3n) is 6.88. The quantitative estimate of drug-likeness (QED) is 0.154. The van der Waals surface area contributed by atoms with Crippen LogP contribution in [0.15, 0.2) is 40.9 Å². The number of aliphatic hydroxyl groups excluding tert-OH is 2. The number of unbranched alkanes of at least 4 members (excludes halogenated alkanes) is 1. The first-order valence-corrected chi connectivity index (χ1v) is 13.7. The van der Waals surface area contributed by atoms with Gasteiger partial charge in [-0.1, -0.05) is 26.3 Å². The van der Waals surface area contributed by atoms with E-state index >= 15 is 0 Å². The van der Waals surface area contributed by atoms with E-state index in [0.717, 1.165) is 60.6 Å². The van der Waals surface area contributed by atoms with Crippen LogP contribution in [0.25, 0.3) is 0 Å². The van der Waals surface area contributed by atoms with E-state index in [9.17, 15) is 15.3 Å². The number of furan rings is 1. The molecule has 0 aliphatic rings. The minimum absolute atomic E-state index is 0.00647. The molecule has 3 aromatic rings. The average Bonchev–Trinajstić information content (AvgIpc) is 3.55. The highest BCUT2D eigenvalue weighted by Crippen LogP contribution is 2.29. The molecule has 8 heteroatoms. The number of aromatic nitrogens is 1. The van der Waals surface area contributed by atoms with Crippen LogP contribution < -0.4 is 15.4 Å². The summed E-state index contributed by atoms with van der Waals surface area (Å²) in [6, 6.07) is 9.46. The first-order valence-electron chi connectivity index (χ1n) is 13.7. The van der Waals surface area contributed by atoms with E-state index in [0.29, 0.717) is 31.2 Å². The third-order valence-corrected chi connectivity index (χ3v) is 6.88. The summed E-state index contributed by atoms with van der Waals surface area (Å²) in [5.41, 5.74) is 4.11. The Morgan fingerprint density at radius 1 is 1.08 bits per heavy atom. The fourth-order valence-corrected chi connectivity index (χ4v) is 4.47. The number of likely N-dealkylation sites (N-methyl/N-ethyl adjacent to an activating group) is 1. The fourth-order valence-electron chi connectivity index (χ4n) is 4.47. The molecule has 0 spiro atoms. The Labute approximate surface area is 226 Å². The van der Waals surface area contributed by atoms with Crippen LogP contribution in [-0.4, -0.2) is 53.2 Å². The number of ether oxygens (including phenoxy) is 1. The summed E-state index contributed by atoms with van der Waals surface area (Å²) in [6.07, 6.45) is 6.05. The lowest BCUT2D eigenvalue weighted by molar-refractivity contribution is 0.191. The van der Waals surface area contributed by atoms with E-state index in [2.05, 4.69) is 35.5 Å². The molecule has 1 aromatic carbocycles. The van der Waals surface area contributed by atoms with Gasteiger partial charge in [-0.05, 0) is 68.1 Å². The molecule has 3 rings (SSSR count). The number of rotatable bonds is 17. The summed E-state index contributed by atoms with van der Waals surface area (Å²) in [5.74, 6) is 2.60. The molecule has 38 heavy (non-hydrogen) atoms. The second-order valence-electron chi connectivity index (χ2n) is 10.2. The number of aromatic amines is 1. The van der Waals surface area contributed by atoms with Crippen LogP contribution in [-0.2, 0) is 25.9 Å². The van der Waals surface area contributed by atoms with Gasteiger partial charge in [-0.15, -0.1) is 0 Å². The maximum Gasteiger partial charge on any atom is 0.161 e. The monoisotopic (exact) mass is 527 g/mol. The minimum Gasteiger partial charge on any atom is -0.504 e. The van der Waals surface area contributed by atoms with Gasteiger partial charge < -0.3 is 40.1 Å². The molecule has 210 valence electrons. The van der Waals surface area contributed by atoms with E-state index in [1.165, 1.54) is 5.56 Å². The van der Waals surface area contributed by atoms with E-state index in [4.69, 9.17) is 9.15 Å². The normalized spacial score (nSPS) is 13.9. The Hall–Kier alpha value is -2.78. The zero-order valence-corrected chi connectivity index (χ0v) is 23.2. The number of hydrogen-bond acceptors (Lipinski definition) is 7. The molecule has 2 heterocycles. The van der Waals surface area contributed by atoms with E-state index in [-0.39, 0.29) is 24.5 Å². The number of aryl methyl sites for hydroxylation is 3. The predicted molar refractivity (Wildman–Crippen MR) is 150 cm³/mol. The van der Waals surface area contributed by atoms with Gasteiger partial charge in [0.1, 0.15) is 18.1 Å². The number of hydrogen-bond donors (Lipinski definition) is 6. The van der Waals surface area contributed by atoms with Gasteiger partial charge in [-0.25, -0.2) is 0 Å². The Kier molecular flexibility index (Phi) is 11.7. The number of H-pyrrole nitrogens is 1. The SMILES string of the molecule is CCCCc1oc(CCc2ccc(O)c(OCC(NC)c3cc(C(C)CNCC(C)O)c[nH]3)c2)cc1CO. The van der Waals surface area contributed by atoms with Crippen molar-refractivity contribution in [3.8, 4) is 11.5 Å². The first kappa shape index (κ1) is 29.8. The fraction of sp³-hybridized carbons (Fsp3) is 0.533. The van der Waals surface area contributed by atoms with Gasteiger partial charge in [0.2, 0.25) is 0 Å². The van der Waals surface area contributed by atoms with E-state index < -0.39 is 0 Å². The molecular weight excluding hydrogens is 482 g/mol. The molecule has 2 aromatic heterocycles. The Morgan fingerprint density at radius 2 is 1.89 bits per heavy atom. The highest BCUT2D eigenvalue weighted by atomic mass is 16.5. The van der Waals surface area contributed by atoms with Crippen LogP contribution >= 0.6 is 0 Å². The standard InChI is InChI=1S/C30H45N3O5/c1-5-6-7-29-24(18-34)13-25(38-29)10-8-22-9-11-28(36)30(12-22)37-19-27(31-4)26-14-23(17-33-26)20(2)15-32-16-21(3)35/h9,11-14,17,20-21,27,31-36H,5-8,10,15-16,18-19H2,1-4H3. The third kappa shape index (κ3) is 8.63. The van der Waals surface area contributed by atoms with Crippen molar-refractivity contribution in [3.63, 3.8) is 0 Å². The average molecular weight is 528 g/mol. The second-order valence-corrected chi connectivity index (χ2v) is 10.2. The van der Waals surface area contributed by atoms with Crippen molar-refractivity contribution < 1.29 is 24.5 Å². The number of aromatic hydroxyl groups is 1. The molecule has 0 saturated carbocycles. The molecule has 8 nitrogen and oxygen atoms in total. The van der Waals surface area contributed by atoms with Crippen LogP contribution in [0.3, 0.4) is 0 Å². The Balaban J connectivity index is 1.58. The highest BCUT2D eigenvalue weighted by Gasteiger charge is 2.17. The van der Waals surface area contributed by atoms with Crippen LogP contribution in [0.1, 0.15) is 79.5 Å². The van der Waals surface area contributed by atoms with Crippen LogP contribution in [0.2, 0.25) is 0 Å². The van der Waals surface area contributed by atoms with Crippen LogP contribution in [0.4, 0.5) is 0 Å². The molecule has 0 aliphatic carbocycles. The van der Waals surface area contributed by atoms with Crippen molar-refractivity contribution >= 4 is 0 Å². The lowest BCUT2D eigenvalue weighted by Gasteiger charge is -2.17. The summed E-state index contributed by atoms with van der Waals surface area (Å²) in [4.78, 5) is 3.35. The summed E-state index contributed by atoms with van der Waals surface area (Å²) >= 11 is 0. The summed E-state index contributed by atoms with van der Waals surface area (Å²) in [6.45, 7) is 7.76. The zero-order valence-electron chi connectivity index (χ0n) is 23.2. The number of benzene rings is 1. The smallest absolute Gasteiger partial charge is 0.161 e. The molecule has 6 N–H and O–H groups in total. The molecular formula is C30H45N3O5. The van der Waals surface area contributed by atoms with Gasteiger partial charge in [0.25, 0.3) is 0 Å². The predicted octanol–water partition coefficient (Wildman–Crippen LogP) is 4.35. The Bertz CT molecular complexity index is 1110. The summed E-state index contributed by atoms with van der Waals surface area (Å²) in [7, 11) is 1.89. The van der Waals surface area contributed by atoms with Crippen molar-refractivity contribution in [2.24, 2.45) is 0 Å². The van der Waals surface area contributed by atoms with E-state index in [1.807, 2.05) is 31.4 Å². The van der Waals surface area contributed by atoms with Crippen molar-refractivity contribution in [1.29, 1.82) is 0 Å². The van der Waals surface area contributed by atoms with Crippen molar-refractivity contribution in [2.45, 2.75) is 77.5 Å². The Morgan fingerprint density at radius 3 is 2.61 bits per heavy atom. The molecule has 3 unspecified atom stereocenters. The maximum atomic E-state index is 10.4. The molecule has 0 aliphatic heterocycles. The van der Waals surface area contributed by atoms with Gasteiger partial charge in [-0.2, -0.15) is 0 Å². The summed E-state index contributed by atoms with van der Waals surface area (Å²) in [5, 5.41) is 36.1. The van der Waals surface area contributed by atoms with Gasteiger partial charge in [-0.3, -0.25) is 0 Å². The van der Waals surface area contributed by atoms with Gasteiger partial charge >= 0.3 is 0 Å². The number of phenolic OH excluding ortho intramolecular Hbond substituents is 1. The van der Waals surface area contributed by atoms with Crippen LogP contribution in [0.5, 0.6) is 11.5 Å². The second kappa shape index (κ2) is 15.0. The largest absolute Gasteiger partial charge is 0.504 e. The van der Waals surface area contributed by atoms with Gasteiger partial charge in [0.15, 0.2) is 11.5 Å². The first-order chi connectivity index (χ1) is 18.3. The van der Waals surface area contributed by atoms with Crippen LogP contribution in [0, 0.1) is 0 Å². The lowest BCUT2D eigenvalue weighted by atomic mass is 10.0. The molecule has 0 fully saturated rings. The van der Waals surface area contributed by atoms with Gasteiger partial charge in [0, 0.05) is 43.4 Å². The van der Waals surface area contributed by atoms with Gasteiger partial charge in [0.05, 0.1) is 18.8 Å². The molecule has 0 radical (unpaired) electrons. The van der Waals surface area contributed by atoms with E-state index in [1.54, 1.807) is 13.0 Å². The number of phenols is 1.